The molecule has 4 rings (SSSR count). The first-order chi connectivity index (χ1) is 16.7. The Bertz CT molecular complexity index is 1010. The molecule has 1 fully saturated rings. The van der Waals surface area contributed by atoms with Gasteiger partial charge in [-0.15, -0.1) is 0 Å². The van der Waals surface area contributed by atoms with E-state index in [4.69, 9.17) is 0 Å². The van der Waals surface area contributed by atoms with E-state index in [1.807, 2.05) is 48.5 Å². The van der Waals surface area contributed by atoms with Gasteiger partial charge in [0.05, 0.1) is 11.0 Å². The van der Waals surface area contributed by atoms with E-state index >= 15 is 0 Å². The third kappa shape index (κ3) is 5.94. The van der Waals surface area contributed by atoms with Gasteiger partial charge in [0, 0.05) is 37.9 Å². The highest BCUT2D eigenvalue weighted by Crippen LogP contribution is 2.35. The summed E-state index contributed by atoms with van der Waals surface area (Å²) in [6, 6.07) is 25.5. The molecular formula is C28H34N4O2. The molecule has 0 saturated carbocycles. The number of rotatable bonds is 10. The van der Waals surface area contributed by atoms with Crippen molar-refractivity contribution in [2.75, 3.05) is 42.9 Å². The lowest BCUT2D eigenvalue weighted by Crippen LogP contribution is -2.46. The number of hydrogen-bond acceptors (Lipinski definition) is 5. The van der Waals surface area contributed by atoms with Crippen molar-refractivity contribution in [2.24, 2.45) is 0 Å². The Morgan fingerprint density at radius 2 is 1.50 bits per heavy atom. The van der Waals surface area contributed by atoms with E-state index < -0.39 is 0 Å². The Labute approximate surface area is 202 Å². The topological polar surface area (TPSA) is 61.7 Å². The number of unbranched alkanes of at least 4 members (excludes halogenated alkanes) is 2. The van der Waals surface area contributed by atoms with E-state index in [1.54, 1.807) is 6.07 Å². The first-order valence-electron chi connectivity index (χ1n) is 12.3. The SMILES string of the molecule is CCCCCN1CCN(c2ccc([N+](=O)[O-])c(NC(c3ccccc3)c3ccccc3)c2)CC1. The fraction of sp³-hybridized carbons (Fsp3) is 0.357. The van der Waals surface area contributed by atoms with Gasteiger partial charge in [0.1, 0.15) is 5.69 Å². The summed E-state index contributed by atoms with van der Waals surface area (Å²) < 4.78 is 0. The molecule has 0 amide bonds. The number of nitrogens with zero attached hydrogens (tertiary/aromatic N) is 3. The van der Waals surface area contributed by atoms with Crippen molar-refractivity contribution in [3.63, 3.8) is 0 Å². The van der Waals surface area contributed by atoms with E-state index in [0.29, 0.717) is 5.69 Å². The predicted molar refractivity (Wildman–Crippen MR) is 140 cm³/mol. The van der Waals surface area contributed by atoms with Crippen LogP contribution in [0.3, 0.4) is 0 Å². The van der Waals surface area contributed by atoms with Crippen LogP contribution in [0.4, 0.5) is 17.1 Å². The molecule has 3 aromatic rings. The quantitative estimate of drug-likeness (QED) is 0.226. The van der Waals surface area contributed by atoms with Crippen LogP contribution < -0.4 is 10.2 Å². The largest absolute Gasteiger partial charge is 0.369 e. The molecule has 34 heavy (non-hydrogen) atoms. The Balaban J connectivity index is 1.57. The van der Waals surface area contributed by atoms with Gasteiger partial charge < -0.3 is 10.2 Å². The highest BCUT2D eigenvalue weighted by Gasteiger charge is 2.23. The van der Waals surface area contributed by atoms with Crippen molar-refractivity contribution in [3.8, 4) is 0 Å². The number of anilines is 2. The third-order valence-electron chi connectivity index (χ3n) is 6.56. The molecule has 178 valence electrons. The number of benzene rings is 3. The molecule has 0 radical (unpaired) electrons. The molecule has 0 unspecified atom stereocenters. The molecule has 1 aliphatic rings. The van der Waals surface area contributed by atoms with Gasteiger partial charge in [-0.05, 0) is 36.2 Å². The van der Waals surface area contributed by atoms with E-state index in [0.717, 1.165) is 49.5 Å². The van der Waals surface area contributed by atoms with Crippen molar-refractivity contribution in [1.82, 2.24) is 4.90 Å². The third-order valence-corrected chi connectivity index (χ3v) is 6.56. The van der Waals surface area contributed by atoms with Crippen molar-refractivity contribution in [1.29, 1.82) is 0 Å². The van der Waals surface area contributed by atoms with Crippen LogP contribution in [0.1, 0.15) is 43.4 Å². The number of piperazine rings is 1. The summed E-state index contributed by atoms with van der Waals surface area (Å²) in [5, 5.41) is 15.4. The van der Waals surface area contributed by atoms with Crippen LogP contribution in [0, 0.1) is 10.1 Å². The van der Waals surface area contributed by atoms with Gasteiger partial charge in [0.2, 0.25) is 0 Å². The minimum atomic E-state index is -0.301. The summed E-state index contributed by atoms with van der Waals surface area (Å²) in [5.74, 6) is 0. The maximum Gasteiger partial charge on any atom is 0.292 e. The second-order valence-electron chi connectivity index (χ2n) is 8.89. The zero-order chi connectivity index (χ0) is 23.8. The standard InChI is InChI=1S/C28H34N4O2/c1-2-3-10-17-30-18-20-31(21-19-30)25-15-16-27(32(33)34)26(22-25)29-28(23-11-6-4-7-12-23)24-13-8-5-9-14-24/h4-9,11-16,22,28-29H,2-3,10,17-21H2,1H3. The van der Waals surface area contributed by atoms with Crippen molar-refractivity contribution in [3.05, 3.63) is 100 Å². The lowest BCUT2D eigenvalue weighted by molar-refractivity contribution is -0.384. The number of nitro benzene ring substituents is 1. The molecule has 3 aromatic carbocycles. The summed E-state index contributed by atoms with van der Waals surface area (Å²) in [7, 11) is 0. The van der Waals surface area contributed by atoms with Crippen LogP contribution in [0.5, 0.6) is 0 Å². The minimum absolute atomic E-state index is 0.0961. The molecule has 0 spiro atoms. The summed E-state index contributed by atoms with van der Waals surface area (Å²) in [5.41, 5.74) is 3.80. The van der Waals surface area contributed by atoms with E-state index in [1.165, 1.54) is 19.3 Å². The summed E-state index contributed by atoms with van der Waals surface area (Å²) in [6.07, 6.45) is 3.77. The number of nitro groups is 1. The first kappa shape index (κ1) is 23.8. The molecule has 6 heteroatoms. The molecule has 0 aromatic heterocycles. The van der Waals surface area contributed by atoms with Gasteiger partial charge in [-0.25, -0.2) is 0 Å². The predicted octanol–water partition coefficient (Wildman–Crippen LogP) is 6.11. The Kier molecular flexibility index (Phi) is 8.15. The van der Waals surface area contributed by atoms with Crippen molar-refractivity contribution in [2.45, 2.75) is 32.2 Å². The van der Waals surface area contributed by atoms with Crippen LogP contribution in [0.15, 0.2) is 78.9 Å². The second kappa shape index (κ2) is 11.7. The highest BCUT2D eigenvalue weighted by molar-refractivity contribution is 5.70. The molecular weight excluding hydrogens is 424 g/mol. The molecule has 0 aliphatic carbocycles. The molecule has 0 bridgehead atoms. The molecule has 6 nitrogen and oxygen atoms in total. The Hall–Kier alpha value is -3.38. The molecule has 1 aliphatic heterocycles. The lowest BCUT2D eigenvalue weighted by Gasteiger charge is -2.36. The Morgan fingerprint density at radius 3 is 2.06 bits per heavy atom. The van der Waals surface area contributed by atoms with Gasteiger partial charge in [0.25, 0.3) is 5.69 Å². The molecule has 1 saturated heterocycles. The average molecular weight is 459 g/mol. The van der Waals surface area contributed by atoms with E-state index in [-0.39, 0.29) is 16.7 Å². The average Bonchev–Trinajstić information content (AvgIpc) is 2.88. The lowest BCUT2D eigenvalue weighted by atomic mass is 9.98. The molecule has 1 heterocycles. The van der Waals surface area contributed by atoms with Crippen LogP contribution in [-0.4, -0.2) is 42.5 Å². The van der Waals surface area contributed by atoms with Crippen molar-refractivity contribution < 1.29 is 4.92 Å². The summed E-state index contributed by atoms with van der Waals surface area (Å²) in [4.78, 5) is 16.4. The van der Waals surface area contributed by atoms with Gasteiger partial charge in [-0.2, -0.15) is 0 Å². The normalized spacial score (nSPS) is 14.4. The minimum Gasteiger partial charge on any atom is -0.369 e. The van der Waals surface area contributed by atoms with Crippen molar-refractivity contribution >= 4 is 17.1 Å². The van der Waals surface area contributed by atoms with Gasteiger partial charge in [0.15, 0.2) is 0 Å². The zero-order valence-electron chi connectivity index (χ0n) is 19.9. The second-order valence-corrected chi connectivity index (χ2v) is 8.89. The van der Waals surface area contributed by atoms with Gasteiger partial charge in [-0.3, -0.25) is 15.0 Å². The monoisotopic (exact) mass is 458 g/mol. The maximum atomic E-state index is 11.9. The highest BCUT2D eigenvalue weighted by atomic mass is 16.6. The van der Waals surface area contributed by atoms with Crippen LogP contribution >= 0.6 is 0 Å². The van der Waals surface area contributed by atoms with Crippen LogP contribution in [0.25, 0.3) is 0 Å². The van der Waals surface area contributed by atoms with E-state index in [9.17, 15) is 10.1 Å². The fourth-order valence-corrected chi connectivity index (χ4v) is 4.62. The summed E-state index contributed by atoms with van der Waals surface area (Å²) in [6.45, 7) is 7.32. The number of hydrogen-bond donors (Lipinski definition) is 1. The smallest absolute Gasteiger partial charge is 0.292 e. The van der Waals surface area contributed by atoms with Gasteiger partial charge >= 0.3 is 0 Å². The first-order valence-corrected chi connectivity index (χ1v) is 12.3. The fourth-order valence-electron chi connectivity index (χ4n) is 4.62. The van der Waals surface area contributed by atoms with Crippen LogP contribution in [0.2, 0.25) is 0 Å². The number of nitrogens with one attached hydrogen (secondary N) is 1. The van der Waals surface area contributed by atoms with Crippen LogP contribution in [-0.2, 0) is 0 Å². The zero-order valence-corrected chi connectivity index (χ0v) is 19.9. The maximum absolute atomic E-state index is 11.9. The molecule has 1 N–H and O–H groups in total. The Morgan fingerprint density at radius 1 is 0.882 bits per heavy atom. The van der Waals surface area contributed by atoms with E-state index in [2.05, 4.69) is 46.3 Å². The van der Waals surface area contributed by atoms with Gasteiger partial charge in [-0.1, -0.05) is 80.4 Å². The molecule has 0 atom stereocenters. The summed E-state index contributed by atoms with van der Waals surface area (Å²) >= 11 is 0.